The molecule has 0 saturated heterocycles. The molecule has 0 fully saturated rings. The van der Waals surface area contributed by atoms with E-state index in [1.165, 1.54) is 10.9 Å². The first-order valence-corrected chi connectivity index (χ1v) is 6.26. The molecule has 106 valence electrons. The molecule has 5 heteroatoms. The molecule has 0 N–H and O–H groups in total. The van der Waals surface area contributed by atoms with Gasteiger partial charge in [0.05, 0.1) is 19.6 Å². The van der Waals surface area contributed by atoms with E-state index in [9.17, 15) is 4.79 Å². The van der Waals surface area contributed by atoms with Gasteiger partial charge in [0, 0.05) is 12.4 Å². The molecule has 1 heterocycles. The highest BCUT2D eigenvalue weighted by molar-refractivity contribution is 5.89. The molecule has 0 unspecified atom stereocenters. The Bertz CT molecular complexity index is 604. The van der Waals surface area contributed by atoms with Gasteiger partial charge in [-0.15, -0.1) is 0 Å². The Labute approximate surface area is 118 Å². The van der Waals surface area contributed by atoms with E-state index < -0.39 is 5.41 Å². The molecule has 0 aliphatic carbocycles. The zero-order chi connectivity index (χ0) is 14.8. The summed E-state index contributed by atoms with van der Waals surface area (Å²) < 4.78 is 12.0. The summed E-state index contributed by atoms with van der Waals surface area (Å²) in [6.07, 6.45) is 4.73. The largest absolute Gasteiger partial charge is 0.493 e. The third-order valence-corrected chi connectivity index (χ3v) is 3.38. The SMILES string of the molecule is COc1ccc(C(C)(C)C(=O)n2ccnc2)cc1OC. The lowest BCUT2D eigenvalue weighted by atomic mass is 9.83. The Balaban J connectivity index is 2.41. The average Bonchev–Trinajstić information content (AvgIpc) is 2.99. The summed E-state index contributed by atoms with van der Waals surface area (Å²) in [7, 11) is 3.16. The molecular formula is C15H18N2O3. The van der Waals surface area contributed by atoms with Crippen LogP contribution >= 0.6 is 0 Å². The zero-order valence-electron chi connectivity index (χ0n) is 12.1. The number of hydrogen-bond acceptors (Lipinski definition) is 4. The fourth-order valence-electron chi connectivity index (χ4n) is 2.05. The Morgan fingerprint density at radius 3 is 2.45 bits per heavy atom. The molecule has 2 aromatic rings. The minimum Gasteiger partial charge on any atom is -0.493 e. The van der Waals surface area contributed by atoms with E-state index in [4.69, 9.17) is 9.47 Å². The highest BCUT2D eigenvalue weighted by Gasteiger charge is 2.31. The fourth-order valence-corrected chi connectivity index (χ4v) is 2.05. The first kappa shape index (κ1) is 14.1. The van der Waals surface area contributed by atoms with Crippen LogP contribution < -0.4 is 9.47 Å². The van der Waals surface area contributed by atoms with Crippen molar-refractivity contribution in [2.45, 2.75) is 19.3 Å². The number of nitrogens with zero attached hydrogens (tertiary/aromatic N) is 2. The maximum absolute atomic E-state index is 12.5. The van der Waals surface area contributed by atoms with Gasteiger partial charge in [-0.05, 0) is 31.5 Å². The lowest BCUT2D eigenvalue weighted by Crippen LogP contribution is -2.33. The molecule has 0 aliphatic rings. The van der Waals surface area contributed by atoms with E-state index in [0.717, 1.165) is 5.56 Å². The van der Waals surface area contributed by atoms with Crippen LogP contribution in [0.1, 0.15) is 24.2 Å². The molecule has 0 amide bonds. The lowest BCUT2D eigenvalue weighted by molar-refractivity contribution is 0.0821. The molecule has 0 saturated carbocycles. The molecule has 0 aliphatic heterocycles. The van der Waals surface area contributed by atoms with Crippen LogP contribution in [0, 0.1) is 0 Å². The number of rotatable bonds is 4. The van der Waals surface area contributed by atoms with Crippen LogP contribution in [0.15, 0.2) is 36.9 Å². The van der Waals surface area contributed by atoms with E-state index >= 15 is 0 Å². The van der Waals surface area contributed by atoms with E-state index in [2.05, 4.69) is 4.98 Å². The van der Waals surface area contributed by atoms with Crippen molar-refractivity contribution < 1.29 is 14.3 Å². The van der Waals surface area contributed by atoms with Crippen molar-refractivity contribution in [2.75, 3.05) is 14.2 Å². The predicted molar refractivity (Wildman–Crippen MR) is 75.4 cm³/mol. The van der Waals surface area contributed by atoms with Gasteiger partial charge in [0.2, 0.25) is 5.91 Å². The molecule has 20 heavy (non-hydrogen) atoms. The van der Waals surface area contributed by atoms with Crippen molar-refractivity contribution >= 4 is 5.91 Å². The number of methoxy groups -OCH3 is 2. The number of ether oxygens (including phenoxy) is 2. The number of carbonyl (C=O) groups excluding carboxylic acids is 1. The van der Waals surface area contributed by atoms with E-state index in [0.29, 0.717) is 11.5 Å². The average molecular weight is 274 g/mol. The molecule has 1 aromatic carbocycles. The maximum atomic E-state index is 12.5. The van der Waals surface area contributed by atoms with Crippen LogP contribution in [0.4, 0.5) is 0 Å². The summed E-state index contributed by atoms with van der Waals surface area (Å²) in [5.41, 5.74) is 0.161. The molecule has 0 bridgehead atoms. The molecule has 0 atom stereocenters. The lowest BCUT2D eigenvalue weighted by Gasteiger charge is -2.24. The van der Waals surface area contributed by atoms with Gasteiger partial charge >= 0.3 is 0 Å². The Morgan fingerprint density at radius 2 is 1.90 bits per heavy atom. The molecule has 1 aromatic heterocycles. The van der Waals surface area contributed by atoms with E-state index in [1.807, 2.05) is 26.0 Å². The summed E-state index contributed by atoms with van der Waals surface area (Å²) in [5, 5.41) is 0. The van der Waals surface area contributed by atoms with Gasteiger partial charge in [-0.3, -0.25) is 9.36 Å². The third-order valence-electron chi connectivity index (χ3n) is 3.38. The Hall–Kier alpha value is -2.30. The minimum atomic E-state index is -0.694. The fraction of sp³-hybridized carbons (Fsp3) is 0.333. The third kappa shape index (κ3) is 2.39. The quantitative estimate of drug-likeness (QED) is 0.859. The van der Waals surface area contributed by atoms with Crippen LogP contribution in [-0.2, 0) is 5.41 Å². The Morgan fingerprint density at radius 1 is 1.20 bits per heavy atom. The van der Waals surface area contributed by atoms with Crippen molar-refractivity contribution in [1.82, 2.24) is 9.55 Å². The first-order chi connectivity index (χ1) is 9.50. The summed E-state index contributed by atoms with van der Waals surface area (Å²) in [4.78, 5) is 16.4. The van der Waals surface area contributed by atoms with Crippen LogP contribution in [0.3, 0.4) is 0 Å². The zero-order valence-corrected chi connectivity index (χ0v) is 12.1. The summed E-state index contributed by atoms with van der Waals surface area (Å²) >= 11 is 0. The number of imidazole rings is 1. The van der Waals surface area contributed by atoms with Crippen molar-refractivity contribution in [3.05, 3.63) is 42.5 Å². The predicted octanol–water partition coefficient (Wildman–Crippen LogP) is 2.52. The molecular weight excluding hydrogens is 256 g/mol. The number of aromatic nitrogens is 2. The minimum absolute atomic E-state index is 0.0535. The molecule has 5 nitrogen and oxygen atoms in total. The summed E-state index contributed by atoms with van der Waals surface area (Å²) in [6, 6.07) is 5.50. The summed E-state index contributed by atoms with van der Waals surface area (Å²) in [5.74, 6) is 1.20. The van der Waals surface area contributed by atoms with Crippen LogP contribution in [-0.4, -0.2) is 29.7 Å². The van der Waals surface area contributed by atoms with Gasteiger partial charge in [0.15, 0.2) is 11.5 Å². The molecule has 0 spiro atoms. The topological polar surface area (TPSA) is 53.4 Å². The number of benzene rings is 1. The smallest absolute Gasteiger partial charge is 0.241 e. The van der Waals surface area contributed by atoms with Gasteiger partial charge in [-0.25, -0.2) is 4.98 Å². The standard InChI is InChI=1S/C15H18N2O3/c1-15(2,14(18)17-8-7-16-10-17)11-5-6-12(19-3)13(9-11)20-4/h5-10H,1-4H3. The highest BCUT2D eigenvalue weighted by Crippen LogP contribution is 2.33. The van der Waals surface area contributed by atoms with Gasteiger partial charge < -0.3 is 9.47 Å². The van der Waals surface area contributed by atoms with Crippen molar-refractivity contribution in [2.24, 2.45) is 0 Å². The van der Waals surface area contributed by atoms with Crippen LogP contribution in [0.2, 0.25) is 0 Å². The van der Waals surface area contributed by atoms with Crippen molar-refractivity contribution in [1.29, 1.82) is 0 Å². The second-order valence-corrected chi connectivity index (χ2v) is 4.97. The van der Waals surface area contributed by atoms with Crippen molar-refractivity contribution in [3.8, 4) is 11.5 Å². The summed E-state index contributed by atoms with van der Waals surface area (Å²) in [6.45, 7) is 3.74. The first-order valence-electron chi connectivity index (χ1n) is 6.26. The maximum Gasteiger partial charge on any atom is 0.241 e. The second kappa shape index (κ2) is 5.36. The van der Waals surface area contributed by atoms with Gasteiger partial charge in [-0.2, -0.15) is 0 Å². The molecule has 2 rings (SSSR count). The van der Waals surface area contributed by atoms with Gasteiger partial charge in [0.25, 0.3) is 0 Å². The van der Waals surface area contributed by atoms with E-state index in [1.54, 1.807) is 32.7 Å². The Kier molecular flexibility index (Phi) is 3.79. The molecule has 0 radical (unpaired) electrons. The monoisotopic (exact) mass is 274 g/mol. The highest BCUT2D eigenvalue weighted by atomic mass is 16.5. The number of hydrogen-bond donors (Lipinski definition) is 0. The van der Waals surface area contributed by atoms with Crippen LogP contribution in [0.5, 0.6) is 11.5 Å². The van der Waals surface area contributed by atoms with Gasteiger partial charge in [0.1, 0.15) is 6.33 Å². The van der Waals surface area contributed by atoms with Gasteiger partial charge in [-0.1, -0.05) is 6.07 Å². The van der Waals surface area contributed by atoms with Crippen molar-refractivity contribution in [3.63, 3.8) is 0 Å². The normalized spacial score (nSPS) is 11.2. The number of carbonyl (C=O) groups is 1. The van der Waals surface area contributed by atoms with Crippen LogP contribution in [0.25, 0.3) is 0 Å². The van der Waals surface area contributed by atoms with E-state index in [-0.39, 0.29) is 5.91 Å². The second-order valence-electron chi connectivity index (χ2n) is 4.97.